The van der Waals surface area contributed by atoms with Gasteiger partial charge in [-0.2, -0.15) is 10.5 Å². The molecule has 19 rings (SSSR count). The molecule has 10 aromatic carbocycles. The molecule has 0 unspecified atom stereocenters. The average Bonchev–Trinajstić information content (AvgIpc) is 1.47. The largest absolute Gasteiger partial charge is 0.573 e. The maximum atomic E-state index is 13.9. The Balaban J connectivity index is 0.000000130. The number of nitrogens with zero attached hydrogens (tertiary/aromatic N) is 7. The van der Waals surface area contributed by atoms with E-state index in [0.29, 0.717) is 102 Å². The van der Waals surface area contributed by atoms with Crippen LogP contribution in [0.1, 0.15) is 79.1 Å². The number of rotatable bonds is 15. The molecule has 5 heterocycles. The summed E-state index contributed by atoms with van der Waals surface area (Å²) in [4.78, 5) is 142. The second-order valence-electron chi connectivity index (χ2n) is 33.4. The highest BCUT2D eigenvalue weighted by molar-refractivity contribution is 9.10. The van der Waals surface area contributed by atoms with E-state index in [1.54, 1.807) is 112 Å². The van der Waals surface area contributed by atoms with Gasteiger partial charge in [-0.25, -0.2) is 19.6 Å². The van der Waals surface area contributed by atoms with E-state index in [2.05, 4.69) is 41.3 Å². The van der Waals surface area contributed by atoms with Crippen molar-refractivity contribution in [2.24, 2.45) is 45.3 Å². The fraction of sp³-hybridized carbons (Fsp3) is 0.250. The Morgan fingerprint density at radius 3 is 0.895 bits per heavy atom. The Kier molecular flexibility index (Phi) is 24.7. The number of anilines is 4. The van der Waals surface area contributed by atoms with E-state index in [-0.39, 0.29) is 44.0 Å². The minimum absolute atomic E-state index is 0.149. The van der Waals surface area contributed by atoms with Crippen LogP contribution in [0.4, 0.5) is 49.1 Å². The van der Waals surface area contributed by atoms with Gasteiger partial charge < -0.3 is 23.8 Å². The van der Waals surface area contributed by atoms with Crippen molar-refractivity contribution >= 4 is 207 Å². The molecule has 133 heavy (non-hydrogen) atoms. The second kappa shape index (κ2) is 34.5. The van der Waals surface area contributed by atoms with E-state index in [1.807, 2.05) is 36.4 Å². The van der Waals surface area contributed by atoms with Crippen LogP contribution in [-0.4, -0.2) is 110 Å². The lowest BCUT2D eigenvalue weighted by Crippen LogP contribution is -2.52. The number of ether oxygens (including phenoxy) is 4. The van der Waals surface area contributed by atoms with Crippen molar-refractivity contribution < 1.29 is 93.2 Å². The Bertz CT molecular complexity index is 6400. The second-order valence-corrected chi connectivity index (χ2v) is 38.7. The predicted octanol–water partition coefficient (Wildman–Crippen LogP) is 21.3. The van der Waals surface area contributed by atoms with Gasteiger partial charge in [-0.15, -0.1) is 26.3 Å². The summed E-state index contributed by atoms with van der Waals surface area (Å²) in [5.74, 6) is -8.72. The van der Waals surface area contributed by atoms with Crippen LogP contribution >= 0.6 is 125 Å². The van der Waals surface area contributed by atoms with E-state index in [9.17, 15) is 84.8 Å². The molecule has 9 aliphatic rings. The first kappa shape index (κ1) is 95.3. The molecule has 12 atom stereocenters. The fourth-order valence-corrected chi connectivity index (χ4v) is 23.6. The molecule has 680 valence electrons. The maximum Gasteiger partial charge on any atom is 0.573 e. The Labute approximate surface area is 811 Å². The van der Waals surface area contributed by atoms with Crippen molar-refractivity contribution in [1.29, 1.82) is 10.5 Å². The molecule has 37 heteroatoms. The molecule has 0 spiro atoms. The number of carbonyl (C=O) groups excluding carboxylic acids is 10. The zero-order valence-corrected chi connectivity index (χ0v) is 78.7. The predicted molar refractivity (Wildman–Crippen MR) is 488 cm³/mol. The van der Waals surface area contributed by atoms with Gasteiger partial charge in [0.05, 0.1) is 111 Å². The van der Waals surface area contributed by atoms with E-state index in [0.717, 1.165) is 52.8 Å². The lowest BCUT2D eigenvalue weighted by atomic mass is 9.78. The minimum atomic E-state index is -4.86. The number of nitriles is 2. The standard InChI is InChI=1S/2C26H15Cl2F3N2O3.C23H19BrCl2N2O4.C21H16BrCl2NO4/c2*1-24-21(22(34)33(23(24)35)19-11-17(27)10-18(28)12-19)25(24,15-4-2-14(13-32)3-5-15)16-6-8-20(9-7-16)36-26(29,30)31;1-22-18(19(29)28(20(22)30)17-11-15(25)10-16(26)12-17)23(22,13-2-4-14(24)5-3-13)21(31)27-6-8-32-9-7-27;1-3-29-19(28)21(11-4-6-12(22)7-5-11)16-17(26)25(18(27)20(16,21)2)15-9-13(23)8-14(24)10-15/h2*2-12,21H,1H3;2-5,10-12,18H,6-9H2,1H3;4-10,16H,3H2,1-2H3/t21-,24-,25+;21-,24-,25-;18-,22-,23-;16-,20-,21-/m1111/s1. The summed E-state index contributed by atoms with van der Waals surface area (Å²) in [5, 5.41) is 20.7. The van der Waals surface area contributed by atoms with Gasteiger partial charge in [0.25, 0.3) is 0 Å². The van der Waals surface area contributed by atoms with Crippen molar-refractivity contribution in [3.63, 3.8) is 0 Å². The van der Waals surface area contributed by atoms with Gasteiger partial charge in [-0.3, -0.25) is 47.9 Å². The number of benzene rings is 10. The van der Waals surface area contributed by atoms with Gasteiger partial charge in [0.1, 0.15) is 22.3 Å². The average molecular weight is 2100 g/mol. The summed E-state index contributed by atoms with van der Waals surface area (Å²) in [6.07, 6.45) is -9.72. The zero-order chi connectivity index (χ0) is 96.1. The normalized spacial score (nSPS) is 26.6. The van der Waals surface area contributed by atoms with Crippen molar-refractivity contribution in [2.75, 3.05) is 52.5 Å². The molecular formula is C96H65Br2Cl8F6N7O14. The first-order valence-electron chi connectivity index (χ1n) is 40.5. The molecule has 5 saturated heterocycles. The van der Waals surface area contributed by atoms with Gasteiger partial charge in [-0.1, -0.05) is 197 Å². The molecule has 21 nitrogen and oxygen atoms in total. The van der Waals surface area contributed by atoms with Gasteiger partial charge >= 0.3 is 18.7 Å². The topological polar surface area (TPSA) is 271 Å². The van der Waals surface area contributed by atoms with Crippen LogP contribution in [0.25, 0.3) is 0 Å². The summed E-state index contributed by atoms with van der Waals surface area (Å²) < 4.78 is 96.4. The van der Waals surface area contributed by atoms with Crippen molar-refractivity contribution in [1.82, 2.24) is 4.90 Å². The third-order valence-electron chi connectivity index (χ3n) is 26.7. The molecule has 4 saturated carbocycles. The number of piperidine rings is 4. The van der Waals surface area contributed by atoms with E-state index < -0.39 is 144 Å². The van der Waals surface area contributed by atoms with Crippen molar-refractivity contribution in [3.8, 4) is 23.6 Å². The molecule has 5 aliphatic heterocycles. The maximum absolute atomic E-state index is 13.9. The van der Waals surface area contributed by atoms with Crippen LogP contribution in [0.15, 0.2) is 227 Å². The zero-order valence-electron chi connectivity index (χ0n) is 69.5. The third-order valence-corrected chi connectivity index (χ3v) is 29.5. The van der Waals surface area contributed by atoms with Gasteiger partial charge in [0.15, 0.2) is 0 Å². The molecule has 10 aromatic rings. The lowest BCUT2D eigenvalue weighted by molar-refractivity contribution is -0.275. The quantitative estimate of drug-likeness (QED) is 0.0524. The van der Waals surface area contributed by atoms with Crippen molar-refractivity contribution in [3.05, 3.63) is 312 Å². The number of amides is 9. The van der Waals surface area contributed by atoms with Crippen LogP contribution in [0.3, 0.4) is 0 Å². The highest BCUT2D eigenvalue weighted by atomic mass is 79.9. The van der Waals surface area contributed by atoms with E-state index >= 15 is 0 Å². The lowest BCUT2D eigenvalue weighted by Gasteiger charge is -2.35. The summed E-state index contributed by atoms with van der Waals surface area (Å²) >= 11 is 55.5. The summed E-state index contributed by atoms with van der Waals surface area (Å²) in [5.41, 5.74) is -4.69. The number of hydrogen-bond donors (Lipinski definition) is 0. The highest BCUT2D eigenvalue weighted by Gasteiger charge is 2.93. The number of carbonyl (C=O) groups is 10. The van der Waals surface area contributed by atoms with Crippen molar-refractivity contribution in [2.45, 2.75) is 69.0 Å². The number of hydrogen-bond acceptors (Lipinski definition) is 16. The first-order valence-corrected chi connectivity index (χ1v) is 45.1. The number of alkyl halides is 6. The number of fused-ring (bicyclic) bond motifs is 4. The SMILES string of the molecule is CCOC(=O)[C@@]1(c2ccc(Br)cc2)[C@@H]2C(=O)N(c3cc(Cl)cc(Cl)c3)C(=O)[C@@]21C.C[C@]12C(=O)N(c3cc(Cl)cc(Cl)c3)C(=O)[C@H]1[C@@]2(C(=O)N1CCOCC1)c1ccc(Br)cc1.C[C@]12C(=O)N(c3cc(Cl)cc(Cl)c3)C(=O)[C@H]1[C@@]2(c1ccc(C#N)cc1)c1ccc(OC(F)(F)F)cc1.C[C@]12C(=O)N(c3cc(Cl)cc(Cl)c3)C(=O)[C@H]1[C@]2(c1ccc(C#N)cc1)c1ccc(OC(F)(F)F)cc1. The Morgan fingerprint density at radius 2 is 0.647 bits per heavy atom. The van der Waals surface area contributed by atoms with E-state index in [1.165, 1.54) is 97.1 Å². The Morgan fingerprint density at radius 1 is 0.391 bits per heavy atom. The minimum Gasteiger partial charge on any atom is -0.465 e. The number of halogens is 16. The van der Waals surface area contributed by atoms with Gasteiger partial charge in [0, 0.05) is 73.0 Å². The number of imide groups is 4. The smallest absolute Gasteiger partial charge is 0.465 e. The van der Waals surface area contributed by atoms with Crippen LogP contribution in [0.2, 0.25) is 40.2 Å². The van der Waals surface area contributed by atoms with Crippen LogP contribution in [0.5, 0.6) is 11.5 Å². The van der Waals surface area contributed by atoms with Crippen LogP contribution in [-0.2, 0) is 79.1 Å². The summed E-state index contributed by atoms with van der Waals surface area (Å²) in [6, 6.07) is 59.4. The third kappa shape index (κ3) is 15.0. The molecule has 0 aromatic heterocycles. The first-order chi connectivity index (χ1) is 62.8. The molecule has 9 fully saturated rings. The molecule has 0 bridgehead atoms. The van der Waals surface area contributed by atoms with Gasteiger partial charge in [0.2, 0.25) is 53.2 Å². The number of morpholine rings is 1. The monoisotopic (exact) mass is 2090 g/mol. The molecule has 9 amide bonds. The van der Waals surface area contributed by atoms with Gasteiger partial charge in [-0.05, 0) is 214 Å². The number of esters is 1. The Hall–Kier alpha value is -10.9. The highest BCUT2D eigenvalue weighted by Crippen LogP contribution is 2.80. The summed E-state index contributed by atoms with van der Waals surface area (Å²) in [7, 11) is 0. The molecule has 0 radical (unpaired) electrons. The molecular weight excluding hydrogens is 2030 g/mol. The van der Waals surface area contributed by atoms with E-state index in [4.69, 9.17) is 102 Å². The fourth-order valence-electron chi connectivity index (χ4n) is 21.1. The van der Waals surface area contributed by atoms with Crippen LogP contribution in [0, 0.1) is 68.0 Å². The summed E-state index contributed by atoms with van der Waals surface area (Å²) in [6.45, 7) is 10.2. The molecule has 4 aliphatic carbocycles. The van der Waals surface area contributed by atoms with Crippen LogP contribution < -0.4 is 29.1 Å². The molecule has 0 N–H and O–H groups in total.